The molecule has 1 N–H and O–H groups in total. The highest BCUT2D eigenvalue weighted by atomic mass is 16.5. The largest absolute Gasteiger partial charge is 0.377 e. The number of nitrogens with one attached hydrogen (secondary N) is 1. The summed E-state index contributed by atoms with van der Waals surface area (Å²) in [5, 5.41) is 3.23. The van der Waals surface area contributed by atoms with E-state index in [0.29, 0.717) is 13.1 Å². The Hall–Kier alpha value is -1.39. The predicted octanol–water partition coefficient (Wildman–Crippen LogP) is 2.19. The second-order valence-electron chi connectivity index (χ2n) is 5.87. The third kappa shape index (κ3) is 5.14. The van der Waals surface area contributed by atoms with E-state index in [-0.39, 0.29) is 18.1 Å². The molecule has 0 aromatic heterocycles. The number of benzene rings is 1. The Morgan fingerprint density at radius 3 is 2.76 bits per heavy atom. The second kappa shape index (κ2) is 8.15. The number of nitrogens with zero attached hydrogens (tertiary/aromatic N) is 1. The minimum atomic E-state index is 0.145. The molecule has 1 aromatic rings. The summed E-state index contributed by atoms with van der Waals surface area (Å²) in [7, 11) is 0. The summed E-state index contributed by atoms with van der Waals surface area (Å²) in [4.78, 5) is 14.3. The number of hydrogen-bond donors (Lipinski definition) is 1. The van der Waals surface area contributed by atoms with Crippen LogP contribution >= 0.6 is 0 Å². The van der Waals surface area contributed by atoms with Crippen molar-refractivity contribution in [3.05, 3.63) is 35.9 Å². The van der Waals surface area contributed by atoms with E-state index in [9.17, 15) is 4.79 Å². The molecule has 1 aliphatic heterocycles. The van der Waals surface area contributed by atoms with Crippen molar-refractivity contribution in [3.63, 3.8) is 0 Å². The maximum Gasteiger partial charge on any atom is 0.237 e. The fourth-order valence-electron chi connectivity index (χ4n) is 2.59. The van der Waals surface area contributed by atoms with Gasteiger partial charge in [-0.15, -0.1) is 0 Å². The van der Waals surface area contributed by atoms with E-state index in [1.807, 2.05) is 23.1 Å². The van der Waals surface area contributed by atoms with Crippen LogP contribution < -0.4 is 5.32 Å². The van der Waals surface area contributed by atoms with Crippen molar-refractivity contribution in [2.45, 2.75) is 45.4 Å². The van der Waals surface area contributed by atoms with Gasteiger partial charge in [0, 0.05) is 25.7 Å². The Labute approximate surface area is 127 Å². The molecule has 0 unspecified atom stereocenters. The van der Waals surface area contributed by atoms with Gasteiger partial charge in [0.1, 0.15) is 0 Å². The van der Waals surface area contributed by atoms with Gasteiger partial charge in [0.05, 0.1) is 12.6 Å². The Kier molecular flexibility index (Phi) is 6.21. The molecule has 1 heterocycles. The smallest absolute Gasteiger partial charge is 0.237 e. The Bertz CT molecular complexity index is 428. The zero-order valence-electron chi connectivity index (χ0n) is 13.0. The molecule has 2 rings (SSSR count). The fourth-order valence-corrected chi connectivity index (χ4v) is 2.59. The molecule has 1 aromatic carbocycles. The first-order valence-corrected chi connectivity index (χ1v) is 7.82. The summed E-state index contributed by atoms with van der Waals surface area (Å²) in [6.07, 6.45) is 2.50. The summed E-state index contributed by atoms with van der Waals surface area (Å²) in [5.74, 6) is 0.145. The van der Waals surface area contributed by atoms with Gasteiger partial charge in [-0.05, 0) is 32.3 Å². The number of amides is 1. The Morgan fingerprint density at radius 2 is 2.14 bits per heavy atom. The number of hydrogen-bond acceptors (Lipinski definition) is 3. The maximum atomic E-state index is 12.4. The van der Waals surface area contributed by atoms with Crippen LogP contribution in [0.1, 0.15) is 32.3 Å². The molecule has 0 aliphatic carbocycles. The Balaban J connectivity index is 1.81. The molecular formula is C17H26N2O2. The van der Waals surface area contributed by atoms with Crippen LogP contribution in [0.25, 0.3) is 0 Å². The minimum absolute atomic E-state index is 0.145. The molecule has 116 valence electrons. The van der Waals surface area contributed by atoms with Crippen LogP contribution in [-0.4, -0.2) is 42.6 Å². The lowest BCUT2D eigenvalue weighted by Gasteiger charge is -2.27. The number of carbonyl (C=O) groups excluding carboxylic acids is 1. The number of carbonyl (C=O) groups is 1. The third-order valence-corrected chi connectivity index (χ3v) is 3.81. The monoisotopic (exact) mass is 290 g/mol. The van der Waals surface area contributed by atoms with Gasteiger partial charge in [-0.1, -0.05) is 30.3 Å². The Morgan fingerprint density at radius 1 is 1.38 bits per heavy atom. The van der Waals surface area contributed by atoms with Crippen molar-refractivity contribution in [3.8, 4) is 0 Å². The fraction of sp³-hybridized carbons (Fsp3) is 0.588. The summed E-state index contributed by atoms with van der Waals surface area (Å²) in [5.41, 5.74) is 1.17. The first-order valence-electron chi connectivity index (χ1n) is 7.82. The topological polar surface area (TPSA) is 41.6 Å². The molecule has 0 spiro atoms. The SMILES string of the molecule is CC(C)N(Cc1ccccc1)C(=O)CNC[C@H]1CCCO1. The molecule has 1 saturated heterocycles. The van der Waals surface area contributed by atoms with E-state index in [4.69, 9.17) is 4.74 Å². The van der Waals surface area contributed by atoms with Crippen LogP contribution in [0.5, 0.6) is 0 Å². The van der Waals surface area contributed by atoms with Gasteiger partial charge in [-0.3, -0.25) is 4.79 Å². The third-order valence-electron chi connectivity index (χ3n) is 3.81. The van der Waals surface area contributed by atoms with Crippen LogP contribution in [0, 0.1) is 0 Å². The number of ether oxygens (including phenoxy) is 1. The van der Waals surface area contributed by atoms with Crippen molar-refractivity contribution >= 4 is 5.91 Å². The molecule has 0 radical (unpaired) electrons. The summed E-state index contributed by atoms with van der Waals surface area (Å²) < 4.78 is 5.55. The van der Waals surface area contributed by atoms with Crippen LogP contribution in [0.3, 0.4) is 0 Å². The average molecular weight is 290 g/mol. The van der Waals surface area contributed by atoms with Crippen LogP contribution in [0.4, 0.5) is 0 Å². The molecule has 0 saturated carbocycles. The zero-order chi connectivity index (χ0) is 15.1. The van der Waals surface area contributed by atoms with E-state index in [0.717, 1.165) is 26.0 Å². The van der Waals surface area contributed by atoms with E-state index >= 15 is 0 Å². The van der Waals surface area contributed by atoms with E-state index in [1.54, 1.807) is 0 Å². The van der Waals surface area contributed by atoms with Gasteiger partial charge in [0.25, 0.3) is 0 Å². The van der Waals surface area contributed by atoms with Crippen LogP contribution in [-0.2, 0) is 16.1 Å². The molecule has 4 heteroatoms. The standard InChI is InChI=1S/C17H26N2O2/c1-14(2)19(13-15-7-4-3-5-8-15)17(20)12-18-11-16-9-6-10-21-16/h3-5,7-8,14,16,18H,6,9-13H2,1-2H3/t16-/m1/s1. The van der Waals surface area contributed by atoms with Gasteiger partial charge >= 0.3 is 0 Å². The van der Waals surface area contributed by atoms with Crippen molar-refractivity contribution in [1.82, 2.24) is 10.2 Å². The molecular weight excluding hydrogens is 264 g/mol. The lowest BCUT2D eigenvalue weighted by atomic mass is 10.2. The average Bonchev–Trinajstić information content (AvgIpc) is 2.98. The van der Waals surface area contributed by atoms with E-state index in [1.165, 1.54) is 5.56 Å². The minimum Gasteiger partial charge on any atom is -0.377 e. The highest BCUT2D eigenvalue weighted by Crippen LogP contribution is 2.11. The van der Waals surface area contributed by atoms with E-state index in [2.05, 4.69) is 31.3 Å². The van der Waals surface area contributed by atoms with Gasteiger partial charge in [0.15, 0.2) is 0 Å². The maximum absolute atomic E-state index is 12.4. The summed E-state index contributed by atoms with van der Waals surface area (Å²) in [6, 6.07) is 10.3. The van der Waals surface area contributed by atoms with Crippen LogP contribution in [0.15, 0.2) is 30.3 Å². The second-order valence-corrected chi connectivity index (χ2v) is 5.87. The van der Waals surface area contributed by atoms with Crippen molar-refractivity contribution in [1.29, 1.82) is 0 Å². The molecule has 1 atom stereocenters. The summed E-state index contributed by atoms with van der Waals surface area (Å²) >= 11 is 0. The van der Waals surface area contributed by atoms with Gasteiger partial charge in [-0.2, -0.15) is 0 Å². The lowest BCUT2D eigenvalue weighted by Crippen LogP contribution is -2.43. The quantitative estimate of drug-likeness (QED) is 0.837. The highest BCUT2D eigenvalue weighted by molar-refractivity contribution is 5.78. The van der Waals surface area contributed by atoms with Crippen LogP contribution in [0.2, 0.25) is 0 Å². The van der Waals surface area contributed by atoms with Gasteiger partial charge in [-0.25, -0.2) is 0 Å². The molecule has 4 nitrogen and oxygen atoms in total. The lowest BCUT2D eigenvalue weighted by molar-refractivity contribution is -0.132. The molecule has 0 bridgehead atoms. The zero-order valence-corrected chi connectivity index (χ0v) is 13.0. The molecule has 1 aliphatic rings. The predicted molar refractivity (Wildman–Crippen MR) is 84.0 cm³/mol. The highest BCUT2D eigenvalue weighted by Gasteiger charge is 2.19. The van der Waals surface area contributed by atoms with Crippen molar-refractivity contribution in [2.75, 3.05) is 19.7 Å². The normalized spacial score (nSPS) is 18.1. The molecule has 1 amide bonds. The summed E-state index contributed by atoms with van der Waals surface area (Å²) in [6.45, 7) is 6.78. The van der Waals surface area contributed by atoms with E-state index < -0.39 is 0 Å². The first kappa shape index (κ1) is 16.0. The van der Waals surface area contributed by atoms with Gasteiger partial charge in [0.2, 0.25) is 5.91 Å². The van der Waals surface area contributed by atoms with Crippen molar-refractivity contribution in [2.24, 2.45) is 0 Å². The van der Waals surface area contributed by atoms with Crippen molar-refractivity contribution < 1.29 is 9.53 Å². The van der Waals surface area contributed by atoms with Gasteiger partial charge < -0.3 is 15.0 Å². The molecule has 1 fully saturated rings. The number of rotatable bonds is 7. The first-order chi connectivity index (χ1) is 10.2. The molecule has 21 heavy (non-hydrogen) atoms.